The molecule has 3 aromatic heterocycles. The van der Waals surface area contributed by atoms with Crippen LogP contribution in [0.5, 0.6) is 0 Å². The quantitative estimate of drug-likeness (QED) is 0.500. The third-order valence-corrected chi connectivity index (χ3v) is 7.79. The van der Waals surface area contributed by atoms with Crippen LogP contribution in [0.2, 0.25) is 0 Å². The second-order valence-electron chi connectivity index (χ2n) is 9.60. The maximum Gasteiger partial charge on any atom is 0.209 e. The molecular weight excluding hydrogens is 463 g/mol. The molecule has 1 saturated heterocycles. The number of nitrogens with one attached hydrogen (secondary N) is 1. The van der Waals surface area contributed by atoms with E-state index in [0.29, 0.717) is 11.7 Å². The molecule has 0 aromatic carbocycles. The zero-order valence-electron chi connectivity index (χ0n) is 21.1. The van der Waals surface area contributed by atoms with Gasteiger partial charge in [-0.15, -0.1) is 11.3 Å². The molecule has 1 saturated carbocycles. The minimum Gasteiger partial charge on any atom is -0.368 e. The van der Waals surface area contributed by atoms with Gasteiger partial charge in [0.1, 0.15) is 5.82 Å². The summed E-state index contributed by atoms with van der Waals surface area (Å²) < 4.78 is 16.5. The molecule has 2 fully saturated rings. The molecule has 4 heterocycles. The number of carbonyl (C=O) groups is 1. The topological polar surface area (TPSA) is 64.6 Å². The molecular formula is C26H35FN6OS. The summed E-state index contributed by atoms with van der Waals surface area (Å²) in [7, 11) is 5.52. The van der Waals surface area contributed by atoms with Gasteiger partial charge in [-0.3, -0.25) is 4.79 Å². The predicted molar refractivity (Wildman–Crippen MR) is 143 cm³/mol. The van der Waals surface area contributed by atoms with E-state index in [2.05, 4.69) is 45.1 Å². The monoisotopic (exact) mass is 498 g/mol. The van der Waals surface area contributed by atoms with E-state index in [4.69, 9.17) is 0 Å². The highest BCUT2D eigenvalue weighted by Crippen LogP contribution is 2.44. The summed E-state index contributed by atoms with van der Waals surface area (Å²) in [6.07, 6.45) is 9.21. The number of pyridine rings is 2. The highest BCUT2D eigenvalue weighted by molar-refractivity contribution is 7.19. The first-order chi connectivity index (χ1) is 16.9. The van der Waals surface area contributed by atoms with Crippen molar-refractivity contribution in [1.82, 2.24) is 19.8 Å². The molecule has 1 aliphatic carbocycles. The number of halogens is 1. The standard InChI is InChI=1S/C23H28FN5S.C3H7NO/c1-15-20(16-5-3-4-6-16)21-18(30-15)14-26-23(22(21)24)27-19-8-7-17(13-25-19)29-11-9-28(2)10-12-29;1-4(2)3-5/h7-8,13-14,16H,3-6,9-12H2,1-2H3,(H,25,26,27);3H,1-2H3. The molecule has 1 aliphatic heterocycles. The Morgan fingerprint density at radius 3 is 2.40 bits per heavy atom. The normalized spacial score (nSPS) is 16.8. The molecule has 35 heavy (non-hydrogen) atoms. The third-order valence-electron chi connectivity index (χ3n) is 6.73. The molecule has 0 unspecified atom stereocenters. The van der Waals surface area contributed by atoms with Crippen LogP contribution >= 0.6 is 11.3 Å². The minimum absolute atomic E-state index is 0.247. The van der Waals surface area contributed by atoms with Crippen molar-refractivity contribution in [2.24, 2.45) is 0 Å². The summed E-state index contributed by atoms with van der Waals surface area (Å²) >= 11 is 1.66. The maximum atomic E-state index is 15.5. The first kappa shape index (κ1) is 25.3. The number of carbonyl (C=O) groups excluding carboxylic acids is 1. The molecule has 0 spiro atoms. The van der Waals surface area contributed by atoms with E-state index in [1.807, 2.05) is 12.3 Å². The summed E-state index contributed by atoms with van der Waals surface area (Å²) in [6, 6.07) is 3.96. The Balaban J connectivity index is 0.000000527. The van der Waals surface area contributed by atoms with E-state index in [1.165, 1.54) is 28.2 Å². The molecule has 2 aliphatic rings. The number of rotatable bonds is 5. The van der Waals surface area contributed by atoms with Crippen LogP contribution in [0.15, 0.2) is 24.5 Å². The van der Waals surface area contributed by atoms with Crippen molar-refractivity contribution in [3.05, 3.63) is 40.8 Å². The number of likely N-dealkylation sites (N-methyl/N-ethyl adjacent to an activating group) is 1. The van der Waals surface area contributed by atoms with Gasteiger partial charge in [0.2, 0.25) is 6.41 Å². The summed E-state index contributed by atoms with van der Waals surface area (Å²) in [5.74, 6) is 1.11. The average Bonchev–Trinajstić information content (AvgIpc) is 3.50. The van der Waals surface area contributed by atoms with Crippen molar-refractivity contribution in [2.45, 2.75) is 38.5 Å². The van der Waals surface area contributed by atoms with Gasteiger partial charge in [-0.2, -0.15) is 0 Å². The predicted octanol–water partition coefficient (Wildman–Crippen LogP) is 5.00. The van der Waals surface area contributed by atoms with Gasteiger partial charge in [0.15, 0.2) is 11.6 Å². The molecule has 1 N–H and O–H groups in total. The van der Waals surface area contributed by atoms with Crippen molar-refractivity contribution in [1.29, 1.82) is 0 Å². The van der Waals surface area contributed by atoms with Gasteiger partial charge in [0.25, 0.3) is 0 Å². The second-order valence-corrected chi connectivity index (χ2v) is 10.9. The number of aryl methyl sites for hydroxylation is 1. The summed E-state index contributed by atoms with van der Waals surface area (Å²) in [6.45, 7) is 6.22. The fourth-order valence-corrected chi connectivity index (χ4v) is 5.94. The van der Waals surface area contributed by atoms with Crippen LogP contribution in [0, 0.1) is 12.7 Å². The molecule has 1 amide bonds. The van der Waals surface area contributed by atoms with Crippen molar-refractivity contribution < 1.29 is 9.18 Å². The Morgan fingerprint density at radius 2 is 1.80 bits per heavy atom. The molecule has 9 heteroatoms. The fourth-order valence-electron chi connectivity index (χ4n) is 4.82. The third kappa shape index (κ3) is 5.90. The van der Waals surface area contributed by atoms with Gasteiger partial charge >= 0.3 is 0 Å². The summed E-state index contributed by atoms with van der Waals surface area (Å²) in [5, 5.41) is 3.87. The van der Waals surface area contributed by atoms with E-state index in [1.54, 1.807) is 31.6 Å². The lowest BCUT2D eigenvalue weighted by Gasteiger charge is -2.33. The molecule has 188 valence electrons. The zero-order valence-corrected chi connectivity index (χ0v) is 21.9. The Bertz CT molecular complexity index is 1130. The number of hydrogen-bond acceptors (Lipinski definition) is 7. The van der Waals surface area contributed by atoms with Crippen LogP contribution in [0.3, 0.4) is 0 Å². The maximum absolute atomic E-state index is 15.5. The van der Waals surface area contributed by atoms with Crippen LogP contribution in [-0.4, -0.2) is 73.5 Å². The number of aromatic nitrogens is 2. The summed E-state index contributed by atoms with van der Waals surface area (Å²) in [5.41, 5.74) is 2.31. The first-order valence-electron chi connectivity index (χ1n) is 12.2. The van der Waals surface area contributed by atoms with Crippen molar-refractivity contribution in [3.63, 3.8) is 0 Å². The van der Waals surface area contributed by atoms with E-state index < -0.39 is 0 Å². The Labute approximate surface area is 211 Å². The van der Waals surface area contributed by atoms with Gasteiger partial charge in [-0.1, -0.05) is 12.8 Å². The largest absolute Gasteiger partial charge is 0.368 e. The molecule has 0 atom stereocenters. The highest BCUT2D eigenvalue weighted by Gasteiger charge is 2.26. The fraction of sp³-hybridized carbons (Fsp3) is 0.500. The van der Waals surface area contributed by atoms with Crippen molar-refractivity contribution >= 4 is 45.2 Å². The van der Waals surface area contributed by atoms with Gasteiger partial charge in [0, 0.05) is 56.7 Å². The zero-order chi connectivity index (χ0) is 24.9. The van der Waals surface area contributed by atoms with E-state index in [9.17, 15) is 4.79 Å². The molecule has 5 rings (SSSR count). The molecule has 3 aromatic rings. The van der Waals surface area contributed by atoms with Gasteiger partial charge in [-0.25, -0.2) is 14.4 Å². The Hall–Kier alpha value is -2.78. The molecule has 0 bridgehead atoms. The van der Waals surface area contributed by atoms with Gasteiger partial charge in [0.05, 0.1) is 16.6 Å². The lowest BCUT2D eigenvalue weighted by atomic mass is 9.95. The highest BCUT2D eigenvalue weighted by atomic mass is 32.1. The lowest BCUT2D eigenvalue weighted by molar-refractivity contribution is -0.115. The number of hydrogen-bond donors (Lipinski definition) is 1. The van der Waals surface area contributed by atoms with Crippen LogP contribution in [0.1, 0.15) is 42.0 Å². The number of anilines is 3. The molecule has 7 nitrogen and oxygen atoms in total. The van der Waals surface area contributed by atoms with Crippen LogP contribution in [0.4, 0.5) is 21.7 Å². The molecule has 0 radical (unpaired) electrons. The van der Waals surface area contributed by atoms with Crippen LogP contribution in [-0.2, 0) is 4.79 Å². The summed E-state index contributed by atoms with van der Waals surface area (Å²) in [4.78, 5) is 25.7. The van der Waals surface area contributed by atoms with E-state index in [0.717, 1.165) is 61.2 Å². The number of piperazine rings is 1. The smallest absolute Gasteiger partial charge is 0.209 e. The van der Waals surface area contributed by atoms with Gasteiger partial charge < -0.3 is 20.0 Å². The number of thiophene rings is 1. The number of amides is 1. The van der Waals surface area contributed by atoms with Crippen molar-refractivity contribution in [2.75, 3.05) is 57.5 Å². The van der Waals surface area contributed by atoms with E-state index in [-0.39, 0.29) is 11.6 Å². The SMILES string of the molecule is CN(C)C=O.Cc1sc2cnc(Nc3ccc(N4CCN(C)CC4)cn3)c(F)c2c1C1CCCC1. The first-order valence-corrected chi connectivity index (χ1v) is 13.0. The van der Waals surface area contributed by atoms with Crippen LogP contribution < -0.4 is 10.2 Å². The van der Waals surface area contributed by atoms with Crippen molar-refractivity contribution in [3.8, 4) is 0 Å². The number of fused-ring (bicyclic) bond motifs is 1. The van der Waals surface area contributed by atoms with E-state index >= 15 is 4.39 Å². The second kappa shape index (κ2) is 11.3. The average molecular weight is 499 g/mol. The van der Waals surface area contributed by atoms with Crippen LogP contribution in [0.25, 0.3) is 10.1 Å². The van der Waals surface area contributed by atoms with Gasteiger partial charge in [-0.05, 0) is 50.4 Å². The Morgan fingerprint density at radius 1 is 1.11 bits per heavy atom. The lowest BCUT2D eigenvalue weighted by Crippen LogP contribution is -2.44. The minimum atomic E-state index is -0.247. The Kier molecular flexibility index (Phi) is 8.18. The number of nitrogens with zero attached hydrogens (tertiary/aromatic N) is 5.